The molecule has 1 aromatic carbocycles. The zero-order valence-corrected chi connectivity index (χ0v) is 14.9. The highest BCUT2D eigenvalue weighted by Crippen LogP contribution is 2.19. The highest BCUT2D eigenvalue weighted by atomic mass is 35.5. The number of hydrogen-bond acceptors (Lipinski definition) is 5. The quantitative estimate of drug-likeness (QED) is 0.588. The lowest BCUT2D eigenvalue weighted by Gasteiger charge is -2.05. The monoisotopic (exact) mass is 383 g/mol. The molecule has 0 saturated heterocycles. The first-order valence-electron chi connectivity index (χ1n) is 7.35. The van der Waals surface area contributed by atoms with Gasteiger partial charge in [0.2, 0.25) is 11.7 Å². The minimum Gasteiger partial charge on any atom is -0.454 e. The summed E-state index contributed by atoms with van der Waals surface area (Å²) in [6, 6.07) is 6.92. The van der Waals surface area contributed by atoms with Crippen molar-refractivity contribution in [3.05, 3.63) is 56.5 Å². The van der Waals surface area contributed by atoms with Gasteiger partial charge in [-0.2, -0.15) is 0 Å². The summed E-state index contributed by atoms with van der Waals surface area (Å²) in [5.41, 5.74) is -0.317. The van der Waals surface area contributed by atoms with Crippen molar-refractivity contribution in [1.29, 1.82) is 0 Å². The van der Waals surface area contributed by atoms with E-state index in [9.17, 15) is 18.8 Å². The maximum absolute atomic E-state index is 13.6. The zero-order chi connectivity index (χ0) is 18.4. The van der Waals surface area contributed by atoms with E-state index in [1.165, 1.54) is 24.3 Å². The molecule has 8 heteroatoms. The van der Waals surface area contributed by atoms with E-state index >= 15 is 0 Å². The van der Waals surface area contributed by atoms with Crippen molar-refractivity contribution in [1.82, 2.24) is 5.32 Å². The van der Waals surface area contributed by atoms with Crippen molar-refractivity contribution in [2.75, 3.05) is 13.2 Å². The third kappa shape index (κ3) is 5.65. The van der Waals surface area contributed by atoms with Crippen molar-refractivity contribution < 1.29 is 23.5 Å². The van der Waals surface area contributed by atoms with Gasteiger partial charge in [0, 0.05) is 23.4 Å². The van der Waals surface area contributed by atoms with E-state index < -0.39 is 18.4 Å². The number of carbonyl (C=O) groups excluding carboxylic acids is 3. The molecule has 1 aromatic heterocycles. The van der Waals surface area contributed by atoms with Gasteiger partial charge in [-0.15, -0.1) is 11.3 Å². The van der Waals surface area contributed by atoms with Crippen molar-refractivity contribution >= 4 is 40.6 Å². The molecule has 0 saturated carbocycles. The summed E-state index contributed by atoms with van der Waals surface area (Å²) in [6.45, 7) is 1.42. The average molecular weight is 384 g/mol. The number of esters is 1. The number of hydrogen-bond donors (Lipinski definition) is 1. The van der Waals surface area contributed by atoms with Gasteiger partial charge < -0.3 is 10.1 Å². The van der Waals surface area contributed by atoms with Crippen LogP contribution in [0.15, 0.2) is 30.3 Å². The van der Waals surface area contributed by atoms with Crippen LogP contribution >= 0.6 is 22.9 Å². The fourth-order valence-electron chi connectivity index (χ4n) is 1.96. The van der Waals surface area contributed by atoms with Gasteiger partial charge in [0.1, 0.15) is 5.82 Å². The molecular weight excluding hydrogens is 369 g/mol. The number of benzene rings is 1. The largest absolute Gasteiger partial charge is 0.454 e. The third-order valence-corrected chi connectivity index (χ3v) is 4.59. The number of carbonyl (C=O) groups is 3. The van der Waals surface area contributed by atoms with Crippen LogP contribution in [0.5, 0.6) is 0 Å². The van der Waals surface area contributed by atoms with Gasteiger partial charge in [-0.1, -0.05) is 11.6 Å². The Morgan fingerprint density at radius 1 is 1.24 bits per heavy atom. The molecule has 1 N–H and O–H groups in total. The molecule has 5 nitrogen and oxygen atoms in total. The Hall–Kier alpha value is -2.25. The number of nitrogens with one attached hydrogen (secondary N) is 1. The van der Waals surface area contributed by atoms with E-state index in [2.05, 4.69) is 5.32 Å². The molecule has 1 amide bonds. The lowest BCUT2D eigenvalue weighted by Crippen LogP contribution is -2.22. The summed E-state index contributed by atoms with van der Waals surface area (Å²) < 4.78 is 18.4. The van der Waals surface area contributed by atoms with E-state index in [4.69, 9.17) is 16.3 Å². The molecule has 0 unspecified atom stereocenters. The molecule has 0 aliphatic heterocycles. The fourth-order valence-corrected chi connectivity index (χ4v) is 3.06. The Bertz CT molecular complexity index is 806. The van der Waals surface area contributed by atoms with Crippen LogP contribution in [0.1, 0.15) is 31.8 Å². The third-order valence-electron chi connectivity index (χ3n) is 3.16. The number of thiophene rings is 1. The standard InChI is InChI=1S/C17H15ClFNO4S/c1-10(21)20-7-6-12-3-5-16(25-12)15(22)9-24-17(23)13-8-11(18)2-4-14(13)19/h2-5,8H,6-7,9H2,1H3,(H,20,21). The molecular formula is C17H15ClFNO4S. The Labute approximate surface area is 152 Å². The number of rotatable bonds is 7. The first-order chi connectivity index (χ1) is 11.9. The first-order valence-corrected chi connectivity index (χ1v) is 8.55. The minimum absolute atomic E-state index is 0.118. The molecule has 1 heterocycles. The molecule has 132 valence electrons. The van der Waals surface area contributed by atoms with Crippen molar-refractivity contribution in [3.8, 4) is 0 Å². The molecule has 0 aliphatic carbocycles. The topological polar surface area (TPSA) is 72.5 Å². The van der Waals surface area contributed by atoms with Gasteiger partial charge in [0.25, 0.3) is 0 Å². The van der Waals surface area contributed by atoms with Gasteiger partial charge in [0.05, 0.1) is 10.4 Å². The average Bonchev–Trinajstić information content (AvgIpc) is 3.03. The summed E-state index contributed by atoms with van der Waals surface area (Å²) in [7, 11) is 0. The summed E-state index contributed by atoms with van der Waals surface area (Å²) in [5, 5.41) is 2.86. The van der Waals surface area contributed by atoms with Gasteiger partial charge in [-0.3, -0.25) is 9.59 Å². The summed E-state index contributed by atoms with van der Waals surface area (Å²) in [5.74, 6) is -2.21. The van der Waals surface area contributed by atoms with Crippen molar-refractivity contribution in [3.63, 3.8) is 0 Å². The summed E-state index contributed by atoms with van der Waals surface area (Å²) in [6.07, 6.45) is 0.602. The first kappa shape index (κ1) is 19.1. The Balaban J connectivity index is 1.89. The second kappa shape index (κ2) is 8.73. The number of halogens is 2. The molecule has 25 heavy (non-hydrogen) atoms. The Kier molecular flexibility index (Phi) is 6.66. The van der Waals surface area contributed by atoms with E-state index in [0.29, 0.717) is 17.8 Å². The Morgan fingerprint density at radius 3 is 2.72 bits per heavy atom. The van der Waals surface area contributed by atoms with Gasteiger partial charge in [-0.25, -0.2) is 9.18 Å². The molecule has 2 aromatic rings. The summed E-state index contributed by atoms with van der Waals surface area (Å²) in [4.78, 5) is 36.1. The van der Waals surface area contributed by atoms with Crippen molar-refractivity contribution in [2.24, 2.45) is 0 Å². The number of amides is 1. The normalized spacial score (nSPS) is 10.4. The van der Waals surface area contributed by atoms with E-state index in [1.54, 1.807) is 12.1 Å². The van der Waals surface area contributed by atoms with Gasteiger partial charge >= 0.3 is 5.97 Å². The van der Waals surface area contributed by atoms with Crippen LogP contribution in [-0.4, -0.2) is 30.8 Å². The van der Waals surface area contributed by atoms with Crippen LogP contribution in [0, 0.1) is 5.82 Å². The second-order valence-corrected chi connectivity index (χ2v) is 6.73. The van der Waals surface area contributed by atoms with E-state index in [1.807, 2.05) is 0 Å². The second-order valence-electron chi connectivity index (χ2n) is 5.12. The molecule has 0 aliphatic rings. The molecule has 0 radical (unpaired) electrons. The lowest BCUT2D eigenvalue weighted by molar-refractivity contribution is -0.118. The minimum atomic E-state index is -0.948. The smallest absolute Gasteiger partial charge is 0.341 e. The van der Waals surface area contributed by atoms with Crippen LogP contribution in [0.4, 0.5) is 4.39 Å². The van der Waals surface area contributed by atoms with Gasteiger partial charge in [-0.05, 0) is 36.8 Å². The maximum atomic E-state index is 13.6. The molecule has 0 bridgehead atoms. The van der Waals surface area contributed by atoms with Crippen LogP contribution < -0.4 is 5.32 Å². The SMILES string of the molecule is CC(=O)NCCc1ccc(C(=O)COC(=O)c2cc(Cl)ccc2F)s1. The number of ether oxygens (including phenoxy) is 1. The maximum Gasteiger partial charge on any atom is 0.341 e. The lowest BCUT2D eigenvalue weighted by atomic mass is 10.2. The van der Waals surface area contributed by atoms with E-state index in [0.717, 1.165) is 17.0 Å². The van der Waals surface area contributed by atoms with Crippen molar-refractivity contribution in [2.45, 2.75) is 13.3 Å². The molecule has 0 spiro atoms. The number of ketones is 1. The molecule has 0 atom stereocenters. The predicted octanol–water partition coefficient (Wildman–Crippen LogP) is 3.26. The van der Waals surface area contributed by atoms with Crippen LogP contribution in [0.25, 0.3) is 0 Å². The van der Waals surface area contributed by atoms with Crippen LogP contribution in [-0.2, 0) is 16.0 Å². The van der Waals surface area contributed by atoms with E-state index in [-0.39, 0.29) is 22.3 Å². The highest BCUT2D eigenvalue weighted by molar-refractivity contribution is 7.14. The molecule has 2 rings (SSSR count). The van der Waals surface area contributed by atoms with Crippen LogP contribution in [0.3, 0.4) is 0 Å². The van der Waals surface area contributed by atoms with Crippen LogP contribution in [0.2, 0.25) is 5.02 Å². The zero-order valence-electron chi connectivity index (χ0n) is 13.3. The fraction of sp³-hybridized carbons (Fsp3) is 0.235. The molecule has 0 fully saturated rings. The number of Topliss-reactive ketones (excluding diaryl/α,β-unsaturated/α-hetero) is 1. The predicted molar refractivity (Wildman–Crippen MR) is 92.7 cm³/mol. The summed E-state index contributed by atoms with van der Waals surface area (Å²) >= 11 is 6.98. The highest BCUT2D eigenvalue weighted by Gasteiger charge is 2.17. The van der Waals surface area contributed by atoms with Gasteiger partial charge in [0.15, 0.2) is 6.61 Å². The Morgan fingerprint density at radius 2 is 2.00 bits per heavy atom.